The van der Waals surface area contributed by atoms with Crippen molar-refractivity contribution in [2.45, 2.75) is 91.9 Å². The van der Waals surface area contributed by atoms with E-state index in [9.17, 15) is 9.46 Å². The largest absolute Gasteiger partial charge is 0.472 e. The van der Waals surface area contributed by atoms with Gasteiger partial charge in [-0.15, -0.1) is 0 Å². The lowest BCUT2D eigenvalue weighted by molar-refractivity contribution is 0.145. The summed E-state index contributed by atoms with van der Waals surface area (Å²) in [7, 11) is -3.84. The van der Waals surface area contributed by atoms with E-state index in [1.807, 2.05) is 0 Å². The Balaban J connectivity index is 0. The lowest BCUT2D eigenvalue weighted by atomic mass is 10.0. The fraction of sp³-hybridized carbons (Fsp3) is 1.00. The van der Waals surface area contributed by atoms with Crippen molar-refractivity contribution in [1.29, 1.82) is 0 Å². The van der Waals surface area contributed by atoms with Crippen molar-refractivity contribution in [1.82, 2.24) is 6.15 Å². The maximum absolute atomic E-state index is 11.7. The summed E-state index contributed by atoms with van der Waals surface area (Å²) in [5.74, 6) is 1.50. The van der Waals surface area contributed by atoms with Crippen LogP contribution in [0.3, 0.4) is 0 Å². The molecule has 0 spiro atoms. The topological polar surface area (TPSA) is 90.8 Å². The van der Waals surface area contributed by atoms with E-state index in [0.29, 0.717) is 13.2 Å². The van der Waals surface area contributed by atoms with E-state index in [0.717, 1.165) is 50.4 Å². The Hall–Kier alpha value is 0.0700. The van der Waals surface area contributed by atoms with Gasteiger partial charge in [-0.1, -0.05) is 79.1 Å². The highest BCUT2D eigenvalue weighted by molar-refractivity contribution is 7.47. The fourth-order valence-electron chi connectivity index (χ4n) is 2.41. The van der Waals surface area contributed by atoms with Gasteiger partial charge in [-0.05, 0) is 24.7 Å². The van der Waals surface area contributed by atoms with Gasteiger partial charge >= 0.3 is 7.82 Å². The molecule has 0 rings (SSSR count). The van der Waals surface area contributed by atoms with Crippen molar-refractivity contribution in [3.63, 3.8) is 0 Å². The van der Waals surface area contributed by atoms with E-state index in [4.69, 9.17) is 9.05 Å². The molecular weight excluding hydrogens is 325 g/mol. The van der Waals surface area contributed by atoms with Crippen LogP contribution in [0.15, 0.2) is 0 Å². The number of hydrogen-bond acceptors (Lipinski definition) is 4. The van der Waals surface area contributed by atoms with E-state index < -0.39 is 7.82 Å². The van der Waals surface area contributed by atoms with E-state index in [1.54, 1.807) is 0 Å². The first-order valence-corrected chi connectivity index (χ1v) is 10.9. The predicted molar refractivity (Wildman–Crippen MR) is 103 cm³/mol. The quantitative estimate of drug-likeness (QED) is 0.240. The van der Waals surface area contributed by atoms with Gasteiger partial charge in [-0.25, -0.2) is 4.57 Å². The number of phosphoric ester groups is 1. The van der Waals surface area contributed by atoms with E-state index >= 15 is 0 Å². The molecule has 0 aliphatic heterocycles. The molecule has 0 amide bonds. The van der Waals surface area contributed by atoms with E-state index in [1.165, 1.54) is 25.7 Å². The van der Waals surface area contributed by atoms with Crippen LogP contribution in [0.5, 0.6) is 0 Å². The third kappa shape index (κ3) is 20.1. The Labute approximate surface area is 150 Å². The molecule has 0 aliphatic carbocycles. The Morgan fingerprint density at radius 1 is 0.708 bits per heavy atom. The zero-order valence-corrected chi connectivity index (χ0v) is 17.4. The smallest absolute Gasteiger partial charge is 0.344 e. The van der Waals surface area contributed by atoms with Crippen LogP contribution >= 0.6 is 7.82 Å². The van der Waals surface area contributed by atoms with Crippen LogP contribution in [-0.4, -0.2) is 18.1 Å². The molecule has 0 aromatic heterocycles. The molecule has 24 heavy (non-hydrogen) atoms. The number of rotatable bonds is 16. The van der Waals surface area contributed by atoms with Crippen LogP contribution in [0.25, 0.3) is 0 Å². The molecule has 0 bridgehead atoms. The van der Waals surface area contributed by atoms with Crippen LogP contribution in [0.2, 0.25) is 0 Å². The van der Waals surface area contributed by atoms with Crippen molar-refractivity contribution >= 4 is 7.82 Å². The van der Waals surface area contributed by atoms with Crippen LogP contribution < -0.4 is 6.15 Å². The van der Waals surface area contributed by atoms with E-state index in [-0.39, 0.29) is 6.15 Å². The highest BCUT2D eigenvalue weighted by atomic mass is 31.2. The summed E-state index contributed by atoms with van der Waals surface area (Å²) >= 11 is 0. The highest BCUT2D eigenvalue weighted by Gasteiger charge is 2.19. The highest BCUT2D eigenvalue weighted by Crippen LogP contribution is 2.43. The second kappa shape index (κ2) is 16.5. The SMILES string of the molecule is CC(C)CCCCCCOP(=O)(O)OCCCCCCC(C)C.N. The van der Waals surface area contributed by atoms with Gasteiger partial charge in [0.15, 0.2) is 0 Å². The molecule has 0 aromatic carbocycles. The van der Waals surface area contributed by atoms with Crippen LogP contribution in [-0.2, 0) is 13.6 Å². The summed E-state index contributed by atoms with van der Waals surface area (Å²) in [5, 5.41) is 0. The third-order valence-electron chi connectivity index (χ3n) is 3.86. The molecule has 0 saturated heterocycles. The zero-order valence-electron chi connectivity index (χ0n) is 16.5. The van der Waals surface area contributed by atoms with Crippen LogP contribution in [0.1, 0.15) is 91.9 Å². The Kier molecular flexibility index (Phi) is 18.1. The van der Waals surface area contributed by atoms with Gasteiger partial charge in [0.05, 0.1) is 13.2 Å². The van der Waals surface area contributed by atoms with Gasteiger partial charge in [0.2, 0.25) is 0 Å². The van der Waals surface area contributed by atoms with Crippen molar-refractivity contribution in [3.8, 4) is 0 Å². The molecule has 6 heteroatoms. The first kappa shape index (κ1) is 26.3. The predicted octanol–water partition coefficient (Wildman–Crippen LogP) is 6.50. The second-order valence-corrected chi connectivity index (χ2v) is 8.78. The minimum Gasteiger partial charge on any atom is -0.344 e. The zero-order chi connectivity index (χ0) is 17.6. The van der Waals surface area contributed by atoms with Gasteiger partial charge in [0.25, 0.3) is 0 Å². The minimum absolute atomic E-state index is 0. The van der Waals surface area contributed by atoms with Crippen molar-refractivity contribution in [2.24, 2.45) is 11.8 Å². The summed E-state index contributed by atoms with van der Waals surface area (Å²) in [6, 6.07) is 0. The maximum atomic E-state index is 11.7. The molecule has 0 heterocycles. The molecule has 0 saturated carbocycles. The summed E-state index contributed by atoms with van der Waals surface area (Å²) in [6.45, 7) is 9.53. The average Bonchev–Trinajstić information content (AvgIpc) is 2.44. The molecule has 0 fully saturated rings. The van der Waals surface area contributed by atoms with Gasteiger partial charge in [0.1, 0.15) is 0 Å². The number of unbranched alkanes of at least 4 members (excludes halogenated alkanes) is 6. The molecule has 0 aromatic rings. The minimum atomic E-state index is -3.84. The molecule has 148 valence electrons. The lowest BCUT2D eigenvalue weighted by Crippen LogP contribution is -1.99. The van der Waals surface area contributed by atoms with E-state index in [2.05, 4.69) is 27.7 Å². The normalized spacial score (nSPS) is 12.0. The third-order valence-corrected chi connectivity index (χ3v) is 4.88. The summed E-state index contributed by atoms with van der Waals surface area (Å²) < 4.78 is 21.7. The van der Waals surface area contributed by atoms with Crippen LogP contribution in [0, 0.1) is 11.8 Å². The number of hydrogen-bond donors (Lipinski definition) is 2. The maximum Gasteiger partial charge on any atom is 0.472 e. The monoisotopic (exact) mass is 367 g/mol. The molecule has 0 aliphatic rings. The Morgan fingerprint density at radius 2 is 1.04 bits per heavy atom. The second-order valence-electron chi connectivity index (χ2n) is 7.33. The Bertz CT molecular complexity index is 285. The van der Waals surface area contributed by atoms with Crippen molar-refractivity contribution in [2.75, 3.05) is 13.2 Å². The van der Waals surface area contributed by atoms with Gasteiger partial charge in [0, 0.05) is 0 Å². The van der Waals surface area contributed by atoms with Crippen molar-refractivity contribution in [3.05, 3.63) is 0 Å². The van der Waals surface area contributed by atoms with Gasteiger partial charge < -0.3 is 11.0 Å². The molecular formula is C18H42NO4P. The Morgan fingerprint density at radius 3 is 1.38 bits per heavy atom. The molecule has 5 nitrogen and oxygen atoms in total. The average molecular weight is 368 g/mol. The van der Waals surface area contributed by atoms with Crippen molar-refractivity contribution < 1.29 is 18.5 Å². The molecule has 4 N–H and O–H groups in total. The lowest BCUT2D eigenvalue weighted by Gasteiger charge is -2.12. The van der Waals surface area contributed by atoms with Gasteiger partial charge in [-0.2, -0.15) is 0 Å². The van der Waals surface area contributed by atoms with Gasteiger partial charge in [-0.3, -0.25) is 9.05 Å². The fourth-order valence-corrected chi connectivity index (χ4v) is 3.21. The summed E-state index contributed by atoms with van der Waals surface area (Å²) in [6.07, 6.45) is 11.0. The number of phosphoric acid groups is 1. The first-order valence-electron chi connectivity index (χ1n) is 9.45. The first-order chi connectivity index (χ1) is 10.8. The molecule has 0 atom stereocenters. The summed E-state index contributed by atoms with van der Waals surface area (Å²) in [4.78, 5) is 9.58. The molecule has 0 unspecified atom stereocenters. The standard InChI is InChI=1S/C18H39O4P.H3N/c1-17(2)13-9-5-7-11-15-21-23(19,20)22-16-12-8-6-10-14-18(3)4;/h17-18H,5-16H2,1-4H3,(H,19,20);1H3. The molecule has 0 radical (unpaired) electrons. The van der Waals surface area contributed by atoms with Crippen LogP contribution in [0.4, 0.5) is 0 Å². The summed E-state index contributed by atoms with van der Waals surface area (Å²) in [5.41, 5.74) is 0.